The Balaban J connectivity index is 2.41. The number of carbonyl (C=O) groups excluding carboxylic acids is 2. The van der Waals surface area contributed by atoms with Gasteiger partial charge in [0, 0.05) is 10.5 Å². The Hall–Kier alpha value is -1.00. The van der Waals surface area contributed by atoms with Crippen LogP contribution in [0, 0.1) is 0 Å². The van der Waals surface area contributed by atoms with Crippen molar-refractivity contribution in [2.24, 2.45) is 0 Å². The largest absolute Gasteiger partial charge is 0.468 e. The molecule has 1 atom stereocenters. The van der Waals surface area contributed by atoms with Gasteiger partial charge < -0.3 is 4.74 Å². The standard InChI is InChI=1S/C10H7ClO3S/c1-14-10(13)9-7(12)5-3-2-4-6(11)8(5)15-9/h2-4,9H,1H3. The van der Waals surface area contributed by atoms with Crippen molar-refractivity contribution in [2.45, 2.75) is 10.1 Å². The molecule has 0 aromatic heterocycles. The van der Waals surface area contributed by atoms with Crippen LogP contribution in [0.15, 0.2) is 23.1 Å². The zero-order valence-corrected chi connectivity index (χ0v) is 9.39. The first-order chi connectivity index (χ1) is 7.15. The second kappa shape index (κ2) is 3.87. The third kappa shape index (κ3) is 1.64. The summed E-state index contributed by atoms with van der Waals surface area (Å²) < 4.78 is 4.55. The van der Waals surface area contributed by atoms with Crippen molar-refractivity contribution < 1.29 is 14.3 Å². The number of hydrogen-bond acceptors (Lipinski definition) is 4. The molecule has 1 aromatic rings. The Morgan fingerprint density at radius 2 is 2.27 bits per heavy atom. The molecule has 1 unspecified atom stereocenters. The molecule has 0 bridgehead atoms. The molecule has 0 spiro atoms. The van der Waals surface area contributed by atoms with Gasteiger partial charge in [0.2, 0.25) is 0 Å². The Bertz CT molecular complexity index is 444. The zero-order chi connectivity index (χ0) is 11.0. The first kappa shape index (κ1) is 10.5. The van der Waals surface area contributed by atoms with Gasteiger partial charge >= 0.3 is 5.97 Å². The zero-order valence-electron chi connectivity index (χ0n) is 7.82. The predicted octanol–water partition coefficient (Wildman–Crippen LogP) is 2.17. The van der Waals surface area contributed by atoms with E-state index in [4.69, 9.17) is 11.6 Å². The van der Waals surface area contributed by atoms with Crippen LogP contribution in [0.4, 0.5) is 0 Å². The normalized spacial score (nSPS) is 18.8. The van der Waals surface area contributed by atoms with E-state index in [0.717, 1.165) is 11.8 Å². The summed E-state index contributed by atoms with van der Waals surface area (Å²) in [4.78, 5) is 23.7. The number of ether oxygens (including phenoxy) is 1. The van der Waals surface area contributed by atoms with Gasteiger partial charge in [0.25, 0.3) is 0 Å². The van der Waals surface area contributed by atoms with E-state index in [1.807, 2.05) is 0 Å². The number of halogens is 1. The molecule has 1 aliphatic rings. The third-order valence-corrected chi connectivity index (χ3v) is 3.87. The highest BCUT2D eigenvalue weighted by Crippen LogP contribution is 2.41. The summed E-state index contributed by atoms with van der Waals surface area (Å²) in [6.45, 7) is 0. The van der Waals surface area contributed by atoms with Crippen molar-refractivity contribution in [1.29, 1.82) is 0 Å². The molecule has 78 valence electrons. The molecule has 1 heterocycles. The van der Waals surface area contributed by atoms with E-state index in [1.54, 1.807) is 18.2 Å². The van der Waals surface area contributed by atoms with E-state index in [-0.39, 0.29) is 5.78 Å². The SMILES string of the molecule is COC(=O)C1Sc2c(Cl)cccc2C1=O. The van der Waals surface area contributed by atoms with Crippen LogP contribution in [-0.2, 0) is 9.53 Å². The lowest BCUT2D eigenvalue weighted by molar-refractivity contribution is -0.138. The minimum atomic E-state index is -0.801. The quantitative estimate of drug-likeness (QED) is 0.559. The van der Waals surface area contributed by atoms with Gasteiger partial charge in [0.15, 0.2) is 11.0 Å². The maximum atomic E-state index is 11.8. The van der Waals surface area contributed by atoms with Crippen LogP contribution in [0.3, 0.4) is 0 Å². The maximum Gasteiger partial charge on any atom is 0.327 e. The van der Waals surface area contributed by atoms with Gasteiger partial charge in [-0.1, -0.05) is 23.7 Å². The Labute approximate surface area is 95.7 Å². The van der Waals surface area contributed by atoms with Crippen LogP contribution < -0.4 is 0 Å². The first-order valence-corrected chi connectivity index (χ1v) is 5.48. The number of ketones is 1. The topological polar surface area (TPSA) is 43.4 Å². The summed E-state index contributed by atoms with van der Waals surface area (Å²) >= 11 is 7.07. The van der Waals surface area contributed by atoms with Gasteiger partial charge in [-0.2, -0.15) is 0 Å². The van der Waals surface area contributed by atoms with Crippen molar-refractivity contribution in [3.63, 3.8) is 0 Å². The number of rotatable bonds is 1. The second-order valence-electron chi connectivity index (χ2n) is 3.00. The van der Waals surface area contributed by atoms with Crippen molar-refractivity contribution in [1.82, 2.24) is 0 Å². The van der Waals surface area contributed by atoms with Gasteiger partial charge in [-0.05, 0) is 6.07 Å². The van der Waals surface area contributed by atoms with Crippen LogP contribution in [0.5, 0.6) is 0 Å². The molecule has 0 saturated heterocycles. The van der Waals surface area contributed by atoms with E-state index in [2.05, 4.69) is 4.74 Å². The fourth-order valence-corrected chi connectivity index (χ4v) is 2.84. The molecular weight excluding hydrogens is 236 g/mol. The summed E-state index contributed by atoms with van der Waals surface area (Å²) in [6, 6.07) is 5.05. The molecular formula is C10H7ClO3S. The van der Waals surface area contributed by atoms with E-state index in [9.17, 15) is 9.59 Å². The Morgan fingerprint density at radius 1 is 1.53 bits per heavy atom. The maximum absolute atomic E-state index is 11.8. The van der Waals surface area contributed by atoms with Gasteiger partial charge in [0.05, 0.1) is 12.1 Å². The van der Waals surface area contributed by atoms with Crippen molar-refractivity contribution >= 4 is 35.1 Å². The molecule has 1 aliphatic heterocycles. The number of methoxy groups -OCH3 is 1. The van der Waals surface area contributed by atoms with Crippen molar-refractivity contribution in [3.05, 3.63) is 28.8 Å². The van der Waals surface area contributed by atoms with Crippen LogP contribution in [0.25, 0.3) is 0 Å². The lowest BCUT2D eigenvalue weighted by Crippen LogP contribution is -2.24. The summed E-state index contributed by atoms with van der Waals surface area (Å²) in [5.41, 5.74) is 0.503. The van der Waals surface area contributed by atoms with Crippen LogP contribution in [-0.4, -0.2) is 24.1 Å². The number of fused-ring (bicyclic) bond motifs is 1. The third-order valence-electron chi connectivity index (χ3n) is 2.12. The van der Waals surface area contributed by atoms with E-state index in [1.165, 1.54) is 7.11 Å². The van der Waals surface area contributed by atoms with E-state index < -0.39 is 11.2 Å². The fraction of sp³-hybridized carbons (Fsp3) is 0.200. The Morgan fingerprint density at radius 3 is 2.87 bits per heavy atom. The summed E-state index contributed by atoms with van der Waals surface area (Å²) in [6.07, 6.45) is 0. The molecule has 0 fully saturated rings. The molecule has 15 heavy (non-hydrogen) atoms. The van der Waals surface area contributed by atoms with Gasteiger partial charge in [-0.25, -0.2) is 0 Å². The number of thioether (sulfide) groups is 1. The summed E-state index contributed by atoms with van der Waals surface area (Å²) in [7, 11) is 1.26. The number of benzene rings is 1. The van der Waals surface area contributed by atoms with Crippen LogP contribution in [0.1, 0.15) is 10.4 Å². The minimum absolute atomic E-state index is 0.232. The first-order valence-electron chi connectivity index (χ1n) is 4.22. The molecule has 3 nitrogen and oxygen atoms in total. The van der Waals surface area contributed by atoms with Gasteiger partial charge in [-0.3, -0.25) is 9.59 Å². The van der Waals surface area contributed by atoms with Crippen molar-refractivity contribution in [2.75, 3.05) is 7.11 Å². The number of carbonyl (C=O) groups is 2. The van der Waals surface area contributed by atoms with Gasteiger partial charge in [0.1, 0.15) is 0 Å². The minimum Gasteiger partial charge on any atom is -0.468 e. The van der Waals surface area contributed by atoms with Crippen LogP contribution in [0.2, 0.25) is 5.02 Å². The monoisotopic (exact) mass is 242 g/mol. The highest BCUT2D eigenvalue weighted by atomic mass is 35.5. The molecule has 0 saturated carbocycles. The molecule has 0 aliphatic carbocycles. The number of Topliss-reactive ketones (excluding diaryl/α,β-unsaturated/α-hetero) is 1. The number of esters is 1. The molecule has 2 rings (SSSR count). The van der Waals surface area contributed by atoms with E-state index >= 15 is 0 Å². The lowest BCUT2D eigenvalue weighted by atomic mass is 10.1. The molecule has 1 aromatic carbocycles. The molecule has 0 radical (unpaired) electrons. The average Bonchev–Trinajstić information content (AvgIpc) is 2.57. The Kier molecular flexibility index (Phi) is 2.71. The summed E-state index contributed by atoms with van der Waals surface area (Å²) in [5, 5.41) is -0.304. The highest BCUT2D eigenvalue weighted by Gasteiger charge is 2.38. The molecule has 0 N–H and O–H groups in total. The smallest absolute Gasteiger partial charge is 0.327 e. The second-order valence-corrected chi connectivity index (χ2v) is 4.52. The molecule has 5 heteroatoms. The molecule has 0 amide bonds. The van der Waals surface area contributed by atoms with Crippen molar-refractivity contribution in [3.8, 4) is 0 Å². The summed E-state index contributed by atoms with van der Waals surface area (Å²) in [5.74, 6) is -0.762. The predicted molar refractivity (Wildman–Crippen MR) is 57.4 cm³/mol. The number of hydrogen-bond donors (Lipinski definition) is 0. The van der Waals surface area contributed by atoms with E-state index in [0.29, 0.717) is 15.5 Å². The van der Waals surface area contributed by atoms with Crippen LogP contribution >= 0.6 is 23.4 Å². The van der Waals surface area contributed by atoms with Gasteiger partial charge in [-0.15, -0.1) is 11.8 Å². The fourth-order valence-electron chi connectivity index (χ4n) is 1.40. The highest BCUT2D eigenvalue weighted by molar-refractivity contribution is 8.02. The average molecular weight is 243 g/mol. The lowest BCUT2D eigenvalue weighted by Gasteiger charge is -2.02.